The molecule has 2 aromatic carbocycles. The van der Waals surface area contributed by atoms with Crippen molar-refractivity contribution in [3.8, 4) is 17.2 Å². The van der Waals surface area contributed by atoms with Crippen LogP contribution in [0.25, 0.3) is 11.1 Å². The number of nitrogens with two attached hydrogens (primary N) is 1. The number of nitrogens with one attached hydrogen (secondary N) is 2. The SMILES string of the molecule is CC(Cc1ccc(NCC2=C3CCCCN3NC2)c(-c2ccc(C#N)c(F)c2)c1)OCCN. The number of nitrogens with zero attached hydrogens (tertiary/aromatic N) is 2. The summed E-state index contributed by atoms with van der Waals surface area (Å²) in [6.07, 6.45) is 4.33. The van der Waals surface area contributed by atoms with Crippen molar-refractivity contribution in [1.29, 1.82) is 5.26 Å². The first kappa shape index (κ1) is 23.2. The highest BCUT2D eigenvalue weighted by Crippen LogP contribution is 2.32. The largest absolute Gasteiger partial charge is 0.381 e. The molecule has 1 atom stereocenters. The van der Waals surface area contributed by atoms with E-state index >= 15 is 0 Å². The number of anilines is 1. The number of rotatable bonds is 9. The van der Waals surface area contributed by atoms with Gasteiger partial charge in [-0.25, -0.2) is 9.82 Å². The molecule has 0 bridgehead atoms. The molecule has 2 heterocycles. The van der Waals surface area contributed by atoms with Gasteiger partial charge in [0.1, 0.15) is 11.9 Å². The molecule has 33 heavy (non-hydrogen) atoms. The molecule has 2 aromatic rings. The Labute approximate surface area is 195 Å². The summed E-state index contributed by atoms with van der Waals surface area (Å²) in [4.78, 5) is 0. The number of hydrazine groups is 1. The maximum Gasteiger partial charge on any atom is 0.141 e. The summed E-state index contributed by atoms with van der Waals surface area (Å²) in [7, 11) is 0. The normalized spacial score (nSPS) is 16.5. The monoisotopic (exact) mass is 449 g/mol. The summed E-state index contributed by atoms with van der Waals surface area (Å²) in [6.45, 7) is 5.70. The Morgan fingerprint density at radius 2 is 2.15 bits per heavy atom. The number of piperidine rings is 1. The lowest BCUT2D eigenvalue weighted by molar-refractivity contribution is 0.0723. The molecule has 1 unspecified atom stereocenters. The molecule has 0 aliphatic carbocycles. The van der Waals surface area contributed by atoms with Crippen LogP contribution < -0.4 is 16.5 Å². The first-order chi connectivity index (χ1) is 16.1. The van der Waals surface area contributed by atoms with Gasteiger partial charge in [-0.15, -0.1) is 0 Å². The van der Waals surface area contributed by atoms with Gasteiger partial charge < -0.3 is 20.8 Å². The van der Waals surface area contributed by atoms with E-state index in [0.29, 0.717) is 13.2 Å². The predicted octanol–water partition coefficient (Wildman–Crippen LogP) is 3.94. The molecule has 0 aromatic heterocycles. The van der Waals surface area contributed by atoms with Gasteiger partial charge >= 0.3 is 0 Å². The average Bonchev–Trinajstić information content (AvgIpc) is 3.25. The van der Waals surface area contributed by atoms with Gasteiger partial charge in [0.25, 0.3) is 0 Å². The highest BCUT2D eigenvalue weighted by atomic mass is 19.1. The number of allylic oxidation sites excluding steroid dienone is 1. The number of benzene rings is 2. The second-order valence-electron chi connectivity index (χ2n) is 8.71. The molecule has 4 N–H and O–H groups in total. The molecule has 0 radical (unpaired) electrons. The second kappa shape index (κ2) is 10.8. The molecule has 4 rings (SSSR count). The van der Waals surface area contributed by atoms with Crippen LogP contribution in [0.15, 0.2) is 47.7 Å². The highest BCUT2D eigenvalue weighted by molar-refractivity contribution is 5.79. The number of hydrogen-bond acceptors (Lipinski definition) is 6. The van der Waals surface area contributed by atoms with Crippen molar-refractivity contribution in [3.05, 3.63) is 64.6 Å². The van der Waals surface area contributed by atoms with Crippen LogP contribution in [-0.2, 0) is 11.2 Å². The topological polar surface area (TPSA) is 86.3 Å². The van der Waals surface area contributed by atoms with Gasteiger partial charge in [0.05, 0.1) is 18.3 Å². The van der Waals surface area contributed by atoms with Gasteiger partial charge in [0.15, 0.2) is 0 Å². The fraction of sp³-hybridized carbons (Fsp3) is 0.423. The summed E-state index contributed by atoms with van der Waals surface area (Å²) in [6, 6.07) is 12.9. The van der Waals surface area contributed by atoms with E-state index < -0.39 is 5.82 Å². The number of ether oxygens (including phenoxy) is 1. The van der Waals surface area contributed by atoms with Crippen LogP contribution in [0.1, 0.15) is 37.3 Å². The van der Waals surface area contributed by atoms with Crippen LogP contribution in [0.3, 0.4) is 0 Å². The van der Waals surface area contributed by atoms with Gasteiger partial charge in [-0.2, -0.15) is 5.26 Å². The Morgan fingerprint density at radius 1 is 1.27 bits per heavy atom. The van der Waals surface area contributed by atoms with Gasteiger partial charge in [-0.3, -0.25) is 0 Å². The van der Waals surface area contributed by atoms with Crippen LogP contribution in [0.2, 0.25) is 0 Å². The van der Waals surface area contributed by atoms with Crippen molar-refractivity contribution < 1.29 is 9.13 Å². The minimum absolute atomic E-state index is 0.0340. The molecule has 0 spiro atoms. The molecule has 2 aliphatic rings. The summed E-state index contributed by atoms with van der Waals surface area (Å²) in [5.74, 6) is -0.506. The molecule has 0 saturated carbocycles. The van der Waals surface area contributed by atoms with E-state index in [9.17, 15) is 4.39 Å². The maximum atomic E-state index is 14.4. The fourth-order valence-corrected chi connectivity index (χ4v) is 4.58. The predicted molar refractivity (Wildman–Crippen MR) is 129 cm³/mol. The molecular weight excluding hydrogens is 417 g/mol. The van der Waals surface area contributed by atoms with Crippen LogP contribution in [-0.4, -0.2) is 43.9 Å². The lowest BCUT2D eigenvalue weighted by Crippen LogP contribution is -2.34. The third kappa shape index (κ3) is 5.53. The Balaban J connectivity index is 1.60. The molecule has 2 aliphatic heterocycles. The van der Waals surface area contributed by atoms with E-state index in [1.165, 1.54) is 30.2 Å². The van der Waals surface area contributed by atoms with Gasteiger partial charge in [0, 0.05) is 43.1 Å². The Hall–Kier alpha value is -2.92. The number of nitriles is 1. The molecule has 7 heteroatoms. The van der Waals surface area contributed by atoms with Crippen molar-refractivity contribution in [2.45, 2.75) is 38.7 Å². The fourth-order valence-electron chi connectivity index (χ4n) is 4.58. The summed E-state index contributed by atoms with van der Waals surface area (Å²) < 4.78 is 20.2. The van der Waals surface area contributed by atoms with Gasteiger partial charge in [-0.05, 0) is 73.6 Å². The molecule has 1 saturated heterocycles. The average molecular weight is 450 g/mol. The zero-order valence-corrected chi connectivity index (χ0v) is 19.2. The third-order valence-electron chi connectivity index (χ3n) is 6.28. The first-order valence-electron chi connectivity index (χ1n) is 11.7. The Kier molecular flexibility index (Phi) is 7.61. The van der Waals surface area contributed by atoms with Crippen molar-refractivity contribution in [2.75, 3.05) is 38.1 Å². The Bertz CT molecular complexity index is 1060. The standard InChI is InChI=1S/C26H32FN5O/c1-18(33-11-9-28)12-19-5-8-25(23(13-19)20-6-7-21(15-29)24(27)14-20)30-16-22-17-31-32-10-3-2-4-26(22)32/h5-8,13-14,18,30-31H,2-4,9-12,16-17,28H2,1H3. The minimum Gasteiger partial charge on any atom is -0.381 e. The molecular formula is C26H32FN5O. The third-order valence-corrected chi connectivity index (χ3v) is 6.28. The lowest BCUT2D eigenvalue weighted by Gasteiger charge is -2.27. The van der Waals surface area contributed by atoms with E-state index in [1.807, 2.05) is 19.1 Å². The molecule has 6 nitrogen and oxygen atoms in total. The number of halogens is 1. The van der Waals surface area contributed by atoms with Crippen LogP contribution in [0.5, 0.6) is 0 Å². The molecule has 174 valence electrons. The van der Waals surface area contributed by atoms with E-state index in [2.05, 4.69) is 34.0 Å². The van der Waals surface area contributed by atoms with E-state index in [0.717, 1.165) is 54.9 Å². The second-order valence-corrected chi connectivity index (χ2v) is 8.71. The zero-order chi connectivity index (χ0) is 23.2. The van der Waals surface area contributed by atoms with Crippen molar-refractivity contribution in [2.24, 2.45) is 5.73 Å². The zero-order valence-electron chi connectivity index (χ0n) is 19.2. The molecule has 0 amide bonds. The summed E-state index contributed by atoms with van der Waals surface area (Å²) in [5, 5.41) is 15.0. The van der Waals surface area contributed by atoms with Crippen molar-refractivity contribution in [3.63, 3.8) is 0 Å². The van der Waals surface area contributed by atoms with Crippen LogP contribution >= 0.6 is 0 Å². The quantitative estimate of drug-likeness (QED) is 0.538. The maximum absolute atomic E-state index is 14.4. The van der Waals surface area contributed by atoms with E-state index in [4.69, 9.17) is 15.7 Å². The van der Waals surface area contributed by atoms with Gasteiger partial charge in [0.2, 0.25) is 0 Å². The summed E-state index contributed by atoms with van der Waals surface area (Å²) in [5.41, 5.74) is 15.6. The smallest absolute Gasteiger partial charge is 0.141 e. The number of fused-ring (bicyclic) bond motifs is 1. The van der Waals surface area contributed by atoms with Crippen LogP contribution in [0.4, 0.5) is 10.1 Å². The van der Waals surface area contributed by atoms with Crippen molar-refractivity contribution in [1.82, 2.24) is 10.4 Å². The van der Waals surface area contributed by atoms with Crippen LogP contribution in [0, 0.1) is 17.1 Å². The lowest BCUT2D eigenvalue weighted by atomic mass is 9.97. The first-order valence-corrected chi connectivity index (χ1v) is 11.7. The number of hydrogen-bond donors (Lipinski definition) is 3. The Morgan fingerprint density at radius 3 is 2.94 bits per heavy atom. The van der Waals surface area contributed by atoms with Gasteiger partial charge in [-0.1, -0.05) is 12.1 Å². The van der Waals surface area contributed by atoms with E-state index in [1.54, 1.807) is 6.07 Å². The highest BCUT2D eigenvalue weighted by Gasteiger charge is 2.24. The van der Waals surface area contributed by atoms with Crippen molar-refractivity contribution >= 4 is 5.69 Å². The van der Waals surface area contributed by atoms with E-state index in [-0.39, 0.29) is 11.7 Å². The summed E-state index contributed by atoms with van der Waals surface area (Å²) >= 11 is 0. The molecule has 1 fully saturated rings. The minimum atomic E-state index is -0.506.